The highest BCUT2D eigenvalue weighted by molar-refractivity contribution is 5.82. The molecule has 1 aromatic heterocycles. The van der Waals surface area contributed by atoms with Gasteiger partial charge in [-0.2, -0.15) is 0 Å². The van der Waals surface area contributed by atoms with Gasteiger partial charge >= 0.3 is 0 Å². The molecule has 4 rings (SSSR count). The molecule has 0 aliphatic heterocycles. The van der Waals surface area contributed by atoms with Crippen LogP contribution >= 0.6 is 0 Å². The maximum Gasteiger partial charge on any atom is 0.235 e. The van der Waals surface area contributed by atoms with E-state index in [1.807, 2.05) is 50.2 Å². The molecule has 0 aliphatic carbocycles. The Kier molecular flexibility index (Phi) is 4.70. The minimum Gasteiger partial charge on any atom is -0.481 e. The molecule has 0 fully saturated rings. The monoisotopic (exact) mass is 374 g/mol. The van der Waals surface area contributed by atoms with Crippen molar-refractivity contribution in [3.63, 3.8) is 0 Å². The summed E-state index contributed by atoms with van der Waals surface area (Å²) in [7, 11) is 0. The minimum absolute atomic E-state index is 0.0618. The second-order valence-corrected chi connectivity index (χ2v) is 6.84. The fourth-order valence-corrected chi connectivity index (χ4v) is 3.07. The van der Waals surface area contributed by atoms with Gasteiger partial charge in [0.2, 0.25) is 11.2 Å². The van der Waals surface area contributed by atoms with Crippen LogP contribution in [0, 0.1) is 19.7 Å². The predicted molar refractivity (Wildman–Crippen MR) is 108 cm³/mol. The van der Waals surface area contributed by atoms with E-state index in [1.165, 1.54) is 6.07 Å². The largest absolute Gasteiger partial charge is 0.481 e. The molecule has 0 N–H and O–H groups in total. The van der Waals surface area contributed by atoms with Gasteiger partial charge in [0.1, 0.15) is 18.0 Å². The topological polar surface area (TPSA) is 39.4 Å². The summed E-state index contributed by atoms with van der Waals surface area (Å²) in [5.74, 6) is 0.0584. The molecule has 28 heavy (non-hydrogen) atoms. The van der Waals surface area contributed by atoms with Gasteiger partial charge in [-0.1, -0.05) is 54.1 Å². The molecule has 3 nitrogen and oxygen atoms in total. The zero-order valence-corrected chi connectivity index (χ0v) is 15.7. The van der Waals surface area contributed by atoms with Crippen LogP contribution in [0.3, 0.4) is 0 Å². The predicted octanol–water partition coefficient (Wildman–Crippen LogP) is 5.79. The highest BCUT2D eigenvalue weighted by Crippen LogP contribution is 2.32. The summed E-state index contributed by atoms with van der Waals surface area (Å²) in [6.07, 6.45) is 0. The van der Waals surface area contributed by atoms with Crippen LogP contribution in [0.4, 0.5) is 4.39 Å². The third-order valence-electron chi connectivity index (χ3n) is 4.65. The van der Waals surface area contributed by atoms with Crippen LogP contribution < -0.4 is 10.2 Å². The first-order valence-electron chi connectivity index (χ1n) is 9.03. The zero-order chi connectivity index (χ0) is 19.7. The molecule has 0 amide bonds. The Hall–Kier alpha value is -3.40. The van der Waals surface area contributed by atoms with Crippen LogP contribution in [0.5, 0.6) is 5.75 Å². The van der Waals surface area contributed by atoms with Gasteiger partial charge < -0.3 is 9.15 Å². The molecule has 0 atom stereocenters. The first-order valence-corrected chi connectivity index (χ1v) is 9.03. The van der Waals surface area contributed by atoms with E-state index in [2.05, 4.69) is 0 Å². The van der Waals surface area contributed by atoms with Gasteiger partial charge in [-0.05, 0) is 37.6 Å². The molecule has 0 bridgehead atoms. The van der Waals surface area contributed by atoms with Gasteiger partial charge in [0.15, 0.2) is 5.76 Å². The Morgan fingerprint density at radius 3 is 2.39 bits per heavy atom. The van der Waals surface area contributed by atoms with E-state index < -0.39 is 0 Å². The van der Waals surface area contributed by atoms with E-state index in [4.69, 9.17) is 9.15 Å². The molecule has 0 spiro atoms. The van der Waals surface area contributed by atoms with Crippen LogP contribution in [0.1, 0.15) is 16.7 Å². The first-order chi connectivity index (χ1) is 13.5. The lowest BCUT2D eigenvalue weighted by Crippen LogP contribution is -2.11. The summed E-state index contributed by atoms with van der Waals surface area (Å²) in [5.41, 5.74) is 3.42. The molecular formula is C24H19FO3. The molecule has 0 aliphatic rings. The molecular weight excluding hydrogens is 355 g/mol. The molecule has 1 heterocycles. The Labute approximate surface area is 162 Å². The van der Waals surface area contributed by atoms with Crippen LogP contribution in [-0.4, -0.2) is 0 Å². The van der Waals surface area contributed by atoms with Gasteiger partial charge in [0.25, 0.3) is 0 Å². The normalized spacial score (nSPS) is 11.0. The average Bonchev–Trinajstić information content (AvgIpc) is 2.69. The summed E-state index contributed by atoms with van der Waals surface area (Å²) in [6, 6.07) is 19.4. The van der Waals surface area contributed by atoms with Crippen molar-refractivity contribution in [1.29, 1.82) is 0 Å². The van der Waals surface area contributed by atoms with E-state index in [0.29, 0.717) is 22.3 Å². The average molecular weight is 374 g/mol. The molecule has 140 valence electrons. The van der Waals surface area contributed by atoms with Crippen molar-refractivity contribution in [3.8, 4) is 17.1 Å². The Balaban J connectivity index is 1.87. The maximum atomic E-state index is 14.0. The smallest absolute Gasteiger partial charge is 0.235 e. The minimum atomic E-state index is -0.375. The van der Waals surface area contributed by atoms with Gasteiger partial charge in [0.05, 0.1) is 5.39 Å². The van der Waals surface area contributed by atoms with Crippen molar-refractivity contribution in [3.05, 3.63) is 99.5 Å². The fraction of sp³-hybridized carbons (Fsp3) is 0.125. The summed E-state index contributed by atoms with van der Waals surface area (Å²) in [6.45, 7) is 3.86. The Morgan fingerprint density at radius 1 is 0.929 bits per heavy atom. The maximum absolute atomic E-state index is 14.0. The number of benzene rings is 3. The summed E-state index contributed by atoms with van der Waals surface area (Å²) in [5, 5.41) is 0.435. The van der Waals surface area contributed by atoms with E-state index >= 15 is 0 Å². The van der Waals surface area contributed by atoms with E-state index in [-0.39, 0.29) is 23.6 Å². The second-order valence-electron chi connectivity index (χ2n) is 6.84. The van der Waals surface area contributed by atoms with Gasteiger partial charge in [-0.25, -0.2) is 4.39 Å². The fourth-order valence-electron chi connectivity index (χ4n) is 3.07. The van der Waals surface area contributed by atoms with Crippen molar-refractivity contribution in [2.75, 3.05) is 0 Å². The summed E-state index contributed by atoms with van der Waals surface area (Å²) < 4.78 is 25.9. The zero-order valence-electron chi connectivity index (χ0n) is 15.7. The number of ether oxygens (including phenoxy) is 1. The van der Waals surface area contributed by atoms with Crippen molar-refractivity contribution in [2.45, 2.75) is 20.5 Å². The second kappa shape index (κ2) is 7.31. The van der Waals surface area contributed by atoms with Crippen LogP contribution in [0.25, 0.3) is 22.3 Å². The molecule has 0 unspecified atom stereocenters. The lowest BCUT2D eigenvalue weighted by Gasteiger charge is -2.12. The quantitative estimate of drug-likeness (QED) is 0.453. The van der Waals surface area contributed by atoms with Crippen molar-refractivity contribution in [1.82, 2.24) is 0 Å². The number of halogens is 1. The lowest BCUT2D eigenvalue weighted by atomic mass is 10.1. The first kappa shape index (κ1) is 18.0. The third-order valence-corrected chi connectivity index (χ3v) is 4.65. The Bertz CT molecular complexity index is 1210. The molecule has 3 aromatic carbocycles. The van der Waals surface area contributed by atoms with Crippen molar-refractivity contribution in [2.24, 2.45) is 0 Å². The van der Waals surface area contributed by atoms with E-state index in [9.17, 15) is 9.18 Å². The highest BCUT2D eigenvalue weighted by atomic mass is 19.1. The number of hydrogen-bond acceptors (Lipinski definition) is 3. The van der Waals surface area contributed by atoms with Crippen LogP contribution in [0.15, 0.2) is 75.9 Å². The van der Waals surface area contributed by atoms with Crippen molar-refractivity contribution >= 4 is 11.0 Å². The molecule has 4 aromatic rings. The van der Waals surface area contributed by atoms with E-state index in [0.717, 1.165) is 16.7 Å². The number of fused-ring (bicyclic) bond motifs is 1. The van der Waals surface area contributed by atoms with Gasteiger partial charge in [-0.15, -0.1) is 0 Å². The van der Waals surface area contributed by atoms with Crippen molar-refractivity contribution < 1.29 is 13.5 Å². The SMILES string of the molecule is Cc1ccc(-c2oc3cc(C)ccc3c(=O)c2OCc2ccccc2F)cc1. The summed E-state index contributed by atoms with van der Waals surface area (Å²) >= 11 is 0. The highest BCUT2D eigenvalue weighted by Gasteiger charge is 2.18. The number of aryl methyl sites for hydroxylation is 2. The number of hydrogen-bond donors (Lipinski definition) is 0. The number of rotatable bonds is 4. The molecule has 0 saturated carbocycles. The molecule has 0 saturated heterocycles. The van der Waals surface area contributed by atoms with Gasteiger partial charge in [0, 0.05) is 11.1 Å². The lowest BCUT2D eigenvalue weighted by molar-refractivity contribution is 0.292. The standard InChI is InChI=1S/C24H19FO3/c1-15-7-10-17(11-8-15)23-24(27-14-18-5-3-4-6-20(18)25)22(26)19-12-9-16(2)13-21(19)28-23/h3-13H,14H2,1-2H3. The molecule has 0 radical (unpaired) electrons. The van der Waals surface area contributed by atoms with Gasteiger partial charge in [-0.3, -0.25) is 4.79 Å². The molecule has 4 heteroatoms. The summed E-state index contributed by atoms with van der Waals surface area (Å²) in [4.78, 5) is 13.1. The Morgan fingerprint density at radius 2 is 1.64 bits per heavy atom. The van der Waals surface area contributed by atoms with Crippen LogP contribution in [0.2, 0.25) is 0 Å². The van der Waals surface area contributed by atoms with Crippen LogP contribution in [-0.2, 0) is 6.61 Å². The third kappa shape index (κ3) is 3.41. The van der Waals surface area contributed by atoms with E-state index in [1.54, 1.807) is 24.3 Å².